The molecule has 1 amide bonds. The Balaban J connectivity index is 2.09. The first kappa shape index (κ1) is 12.6. The first-order valence-electron chi connectivity index (χ1n) is 5.92. The average molecular weight is 252 g/mol. The highest BCUT2D eigenvalue weighted by Crippen LogP contribution is 2.14. The maximum atomic E-state index is 12.2. The van der Waals surface area contributed by atoms with Crippen molar-refractivity contribution >= 4 is 11.9 Å². The smallest absolute Gasteiger partial charge is 0.323 e. The Bertz CT molecular complexity index is 447. The van der Waals surface area contributed by atoms with Gasteiger partial charge < -0.3 is 19.7 Å². The molecule has 6 heteroatoms. The van der Waals surface area contributed by atoms with E-state index in [9.17, 15) is 14.7 Å². The zero-order valence-electron chi connectivity index (χ0n) is 9.95. The van der Waals surface area contributed by atoms with Crippen LogP contribution in [-0.2, 0) is 11.3 Å². The van der Waals surface area contributed by atoms with Crippen LogP contribution in [0.1, 0.15) is 23.3 Å². The second-order valence-corrected chi connectivity index (χ2v) is 4.44. The van der Waals surface area contributed by atoms with Gasteiger partial charge in [0, 0.05) is 19.3 Å². The number of piperidine rings is 1. The Morgan fingerprint density at radius 1 is 1.33 bits per heavy atom. The van der Waals surface area contributed by atoms with Crippen molar-refractivity contribution in [1.29, 1.82) is 0 Å². The van der Waals surface area contributed by atoms with E-state index >= 15 is 0 Å². The Kier molecular flexibility index (Phi) is 3.66. The van der Waals surface area contributed by atoms with E-state index in [0.29, 0.717) is 31.6 Å². The summed E-state index contributed by atoms with van der Waals surface area (Å²) in [6.45, 7) is 0.807. The van der Waals surface area contributed by atoms with Gasteiger partial charge in [-0.1, -0.05) is 0 Å². The number of aliphatic hydroxyl groups excluding tert-OH is 1. The maximum Gasteiger partial charge on any atom is 0.323 e. The summed E-state index contributed by atoms with van der Waals surface area (Å²) in [5.74, 6) is -1.15. The van der Waals surface area contributed by atoms with Crippen molar-refractivity contribution < 1.29 is 19.8 Å². The number of rotatable bonds is 3. The van der Waals surface area contributed by atoms with Crippen molar-refractivity contribution in [3.8, 4) is 0 Å². The Morgan fingerprint density at radius 3 is 2.61 bits per heavy atom. The fraction of sp³-hybridized carbons (Fsp3) is 0.500. The van der Waals surface area contributed by atoms with Crippen molar-refractivity contribution in [2.24, 2.45) is 0 Å². The van der Waals surface area contributed by atoms with E-state index in [1.54, 1.807) is 23.2 Å². The first-order chi connectivity index (χ1) is 8.58. The summed E-state index contributed by atoms with van der Waals surface area (Å²) in [5, 5.41) is 18.1. The topological polar surface area (TPSA) is 82.8 Å². The molecule has 2 heterocycles. The standard InChI is InChI=1S/C12H16N2O4/c15-9-3-6-13(7-4-9)12(18)10-2-1-5-14(10)8-11(16)17/h1-2,5,9,15H,3-4,6-8H2,(H,16,17). The van der Waals surface area contributed by atoms with Gasteiger partial charge >= 0.3 is 5.97 Å². The molecule has 2 rings (SSSR count). The number of aliphatic hydroxyl groups is 1. The van der Waals surface area contributed by atoms with Crippen LogP contribution in [-0.4, -0.2) is 50.8 Å². The Morgan fingerprint density at radius 2 is 2.00 bits per heavy atom. The predicted octanol–water partition coefficient (Wildman–Crippen LogP) is 0.170. The predicted molar refractivity (Wildman–Crippen MR) is 63.2 cm³/mol. The molecule has 0 spiro atoms. The quantitative estimate of drug-likeness (QED) is 0.803. The summed E-state index contributed by atoms with van der Waals surface area (Å²) in [6.07, 6.45) is 2.40. The van der Waals surface area contributed by atoms with Gasteiger partial charge in [0.1, 0.15) is 12.2 Å². The lowest BCUT2D eigenvalue weighted by Gasteiger charge is -2.29. The summed E-state index contributed by atoms with van der Waals surface area (Å²) in [6, 6.07) is 3.28. The van der Waals surface area contributed by atoms with Gasteiger partial charge in [-0.3, -0.25) is 9.59 Å². The van der Waals surface area contributed by atoms with Gasteiger partial charge in [-0.15, -0.1) is 0 Å². The molecule has 98 valence electrons. The number of likely N-dealkylation sites (tertiary alicyclic amines) is 1. The lowest BCUT2D eigenvalue weighted by molar-refractivity contribution is -0.137. The molecule has 1 aliphatic heterocycles. The van der Waals surface area contributed by atoms with Gasteiger partial charge in [-0.2, -0.15) is 0 Å². The molecule has 0 aliphatic carbocycles. The lowest BCUT2D eigenvalue weighted by atomic mass is 10.1. The van der Waals surface area contributed by atoms with E-state index in [0.717, 1.165) is 0 Å². The highest BCUT2D eigenvalue weighted by Gasteiger charge is 2.24. The molecule has 0 atom stereocenters. The number of carbonyl (C=O) groups excluding carboxylic acids is 1. The van der Waals surface area contributed by atoms with E-state index in [1.807, 2.05) is 0 Å². The van der Waals surface area contributed by atoms with Crippen molar-refractivity contribution in [3.63, 3.8) is 0 Å². The number of aromatic nitrogens is 1. The molecule has 1 aliphatic rings. The third kappa shape index (κ3) is 2.70. The molecule has 1 aromatic rings. The third-order valence-electron chi connectivity index (χ3n) is 3.11. The molecule has 2 N–H and O–H groups in total. The van der Waals surface area contributed by atoms with Crippen LogP contribution < -0.4 is 0 Å². The fourth-order valence-electron chi connectivity index (χ4n) is 2.12. The first-order valence-corrected chi connectivity index (χ1v) is 5.92. The molecule has 0 aromatic carbocycles. The highest BCUT2D eigenvalue weighted by molar-refractivity contribution is 5.93. The van der Waals surface area contributed by atoms with Gasteiger partial charge in [-0.25, -0.2) is 0 Å². The van der Waals surface area contributed by atoms with E-state index in [-0.39, 0.29) is 18.6 Å². The minimum absolute atomic E-state index is 0.173. The third-order valence-corrected chi connectivity index (χ3v) is 3.11. The van der Waals surface area contributed by atoms with Crippen LogP contribution in [0.5, 0.6) is 0 Å². The van der Waals surface area contributed by atoms with Crippen LogP contribution >= 0.6 is 0 Å². The molecule has 18 heavy (non-hydrogen) atoms. The lowest BCUT2D eigenvalue weighted by Crippen LogP contribution is -2.40. The number of aliphatic carboxylic acids is 1. The average Bonchev–Trinajstić information content (AvgIpc) is 2.76. The number of hydrogen-bond acceptors (Lipinski definition) is 3. The summed E-state index contributed by atoms with van der Waals surface area (Å²) >= 11 is 0. The maximum absolute atomic E-state index is 12.2. The van der Waals surface area contributed by atoms with Crippen molar-refractivity contribution in [3.05, 3.63) is 24.0 Å². The van der Waals surface area contributed by atoms with Crippen molar-refractivity contribution in [1.82, 2.24) is 9.47 Å². The molecule has 1 fully saturated rings. The van der Waals surface area contributed by atoms with Gasteiger partial charge in [0.25, 0.3) is 5.91 Å². The largest absolute Gasteiger partial charge is 0.480 e. The highest BCUT2D eigenvalue weighted by atomic mass is 16.4. The number of hydrogen-bond donors (Lipinski definition) is 2. The van der Waals surface area contributed by atoms with Crippen molar-refractivity contribution in [2.75, 3.05) is 13.1 Å². The fourth-order valence-corrected chi connectivity index (χ4v) is 2.12. The van der Waals surface area contributed by atoms with E-state index in [2.05, 4.69) is 0 Å². The van der Waals surface area contributed by atoms with E-state index < -0.39 is 5.97 Å². The van der Waals surface area contributed by atoms with Gasteiger partial charge in [-0.05, 0) is 25.0 Å². The number of carboxylic acids is 1. The van der Waals surface area contributed by atoms with Crippen LogP contribution in [0.4, 0.5) is 0 Å². The van der Waals surface area contributed by atoms with Crippen LogP contribution in [0.15, 0.2) is 18.3 Å². The van der Waals surface area contributed by atoms with Crippen LogP contribution in [0.3, 0.4) is 0 Å². The minimum atomic E-state index is -0.977. The molecule has 0 unspecified atom stereocenters. The molecule has 1 aromatic heterocycles. The molecule has 1 saturated heterocycles. The zero-order chi connectivity index (χ0) is 13.1. The summed E-state index contributed by atoms with van der Waals surface area (Å²) < 4.78 is 1.43. The van der Waals surface area contributed by atoms with E-state index in [4.69, 9.17) is 5.11 Å². The molecule has 0 radical (unpaired) electrons. The number of carbonyl (C=O) groups is 2. The zero-order valence-corrected chi connectivity index (χ0v) is 9.95. The van der Waals surface area contributed by atoms with Gasteiger partial charge in [0.05, 0.1) is 6.10 Å². The number of amides is 1. The normalized spacial score (nSPS) is 16.8. The van der Waals surface area contributed by atoms with Gasteiger partial charge in [0.2, 0.25) is 0 Å². The second kappa shape index (κ2) is 5.22. The van der Waals surface area contributed by atoms with E-state index in [1.165, 1.54) is 4.57 Å². The monoisotopic (exact) mass is 252 g/mol. The molecular formula is C12H16N2O4. The summed E-state index contributed by atoms with van der Waals surface area (Å²) in [7, 11) is 0. The Labute approximate surface area is 104 Å². The summed E-state index contributed by atoms with van der Waals surface area (Å²) in [4.78, 5) is 24.5. The van der Waals surface area contributed by atoms with Crippen LogP contribution in [0.25, 0.3) is 0 Å². The molecule has 0 bridgehead atoms. The van der Waals surface area contributed by atoms with Crippen LogP contribution in [0.2, 0.25) is 0 Å². The molecule has 0 saturated carbocycles. The molecule has 6 nitrogen and oxygen atoms in total. The summed E-state index contributed by atoms with van der Waals surface area (Å²) in [5.41, 5.74) is 0.383. The van der Waals surface area contributed by atoms with Crippen LogP contribution in [0, 0.1) is 0 Å². The molecular weight excluding hydrogens is 236 g/mol. The van der Waals surface area contributed by atoms with Gasteiger partial charge in [0.15, 0.2) is 0 Å². The Hall–Kier alpha value is -1.82. The SMILES string of the molecule is O=C(O)Cn1cccc1C(=O)N1CCC(O)CC1. The number of carboxylic acid groups (broad SMARTS) is 1. The minimum Gasteiger partial charge on any atom is -0.480 e. The van der Waals surface area contributed by atoms with Crippen molar-refractivity contribution in [2.45, 2.75) is 25.5 Å². The number of nitrogens with zero attached hydrogens (tertiary/aromatic N) is 2. The second-order valence-electron chi connectivity index (χ2n) is 4.44.